The van der Waals surface area contributed by atoms with E-state index < -0.39 is 16.3 Å². The molecule has 0 radical (unpaired) electrons. The van der Waals surface area contributed by atoms with Crippen LogP contribution in [0.5, 0.6) is 17.2 Å². The minimum Gasteiger partial charge on any atom is -0.497 e. The number of hydrogen-bond donors (Lipinski definition) is 1. The first-order valence-electron chi connectivity index (χ1n) is 15.6. The van der Waals surface area contributed by atoms with Gasteiger partial charge in [0.1, 0.15) is 5.75 Å². The number of benzene rings is 2. The summed E-state index contributed by atoms with van der Waals surface area (Å²) in [5.74, 6) is 2.16. The highest BCUT2D eigenvalue weighted by Gasteiger charge is 2.36. The SMILES string of the molecule is COc1ccc(S(=O)(=O)N(CCO)CCO[C@@H]2C[C@H](C(C)(C)C)C=C(C(=O)N3CCN(Cc4ccc5c(c4)OCO5)CC3)O2)cc1. The zero-order valence-corrected chi connectivity index (χ0v) is 27.8. The smallest absolute Gasteiger partial charge is 0.288 e. The molecule has 1 saturated heterocycles. The van der Waals surface area contributed by atoms with E-state index in [1.54, 1.807) is 12.1 Å². The topological polar surface area (TPSA) is 127 Å². The molecule has 2 atom stereocenters. The van der Waals surface area contributed by atoms with Gasteiger partial charge in [0.2, 0.25) is 23.1 Å². The van der Waals surface area contributed by atoms with Crippen LogP contribution in [0.25, 0.3) is 0 Å². The second kappa shape index (κ2) is 14.6. The average molecular weight is 660 g/mol. The normalized spacial score (nSPS) is 20.4. The molecular weight excluding hydrogens is 614 g/mol. The second-order valence-electron chi connectivity index (χ2n) is 12.7. The minimum absolute atomic E-state index is 0.00723. The van der Waals surface area contributed by atoms with Gasteiger partial charge >= 0.3 is 0 Å². The first-order valence-corrected chi connectivity index (χ1v) is 17.1. The van der Waals surface area contributed by atoms with Crippen LogP contribution in [0.1, 0.15) is 32.8 Å². The molecule has 46 heavy (non-hydrogen) atoms. The summed E-state index contributed by atoms with van der Waals surface area (Å²) in [6.45, 7) is 9.50. The van der Waals surface area contributed by atoms with Crippen molar-refractivity contribution in [2.45, 2.75) is 44.9 Å². The Bertz CT molecular complexity index is 1480. The first-order chi connectivity index (χ1) is 22.0. The van der Waals surface area contributed by atoms with E-state index in [1.165, 1.54) is 23.5 Å². The Hall–Kier alpha value is -3.36. The number of amides is 1. The Morgan fingerprint density at radius 2 is 1.74 bits per heavy atom. The van der Waals surface area contributed by atoms with E-state index in [1.807, 2.05) is 29.2 Å². The van der Waals surface area contributed by atoms with Crippen LogP contribution in [0.3, 0.4) is 0 Å². The van der Waals surface area contributed by atoms with Gasteiger partial charge < -0.3 is 33.7 Å². The molecule has 0 unspecified atom stereocenters. The van der Waals surface area contributed by atoms with Gasteiger partial charge in [-0.25, -0.2) is 8.42 Å². The fourth-order valence-electron chi connectivity index (χ4n) is 5.72. The molecule has 0 aliphatic carbocycles. The second-order valence-corrected chi connectivity index (χ2v) is 14.7. The fraction of sp³-hybridized carbons (Fsp3) is 0.545. The van der Waals surface area contributed by atoms with Gasteiger partial charge in [0.15, 0.2) is 17.3 Å². The fourth-order valence-corrected chi connectivity index (χ4v) is 7.14. The molecule has 0 saturated carbocycles. The predicted molar refractivity (Wildman–Crippen MR) is 170 cm³/mol. The lowest BCUT2D eigenvalue weighted by Crippen LogP contribution is -2.49. The van der Waals surface area contributed by atoms with E-state index in [-0.39, 0.29) is 61.0 Å². The molecule has 0 spiro atoms. The number of piperazine rings is 1. The van der Waals surface area contributed by atoms with Crippen molar-refractivity contribution in [1.29, 1.82) is 0 Å². The van der Waals surface area contributed by atoms with Gasteiger partial charge in [-0.05, 0) is 59.4 Å². The van der Waals surface area contributed by atoms with Gasteiger partial charge in [-0.1, -0.05) is 26.8 Å². The number of carbonyl (C=O) groups is 1. The standard InChI is InChI=1S/C33H45N3O9S/c1-33(2,3)25-20-30(32(38)35-13-11-34(12-14-35)22-24-5-10-28-29(19-24)44-23-43-28)45-31(21-25)42-18-16-36(15-17-37)46(39,40)27-8-6-26(41-4)7-9-27/h5-10,19-20,25,31,37H,11-18,21-23H2,1-4H3/t25-,31+/m1/s1. The highest BCUT2D eigenvalue weighted by Crippen LogP contribution is 2.37. The van der Waals surface area contributed by atoms with Crippen molar-refractivity contribution in [2.24, 2.45) is 11.3 Å². The molecular formula is C33H45N3O9S. The van der Waals surface area contributed by atoms with E-state index in [0.717, 1.165) is 36.7 Å². The molecule has 252 valence electrons. The summed E-state index contributed by atoms with van der Waals surface area (Å²) in [5, 5.41) is 9.59. The van der Waals surface area contributed by atoms with E-state index in [9.17, 15) is 18.3 Å². The van der Waals surface area contributed by atoms with Crippen LogP contribution < -0.4 is 14.2 Å². The number of methoxy groups -OCH3 is 1. The van der Waals surface area contributed by atoms with E-state index in [0.29, 0.717) is 25.3 Å². The summed E-state index contributed by atoms with van der Waals surface area (Å²) in [7, 11) is -2.37. The van der Waals surface area contributed by atoms with Crippen LogP contribution in [-0.2, 0) is 30.8 Å². The van der Waals surface area contributed by atoms with Crippen LogP contribution >= 0.6 is 0 Å². The molecule has 0 aromatic heterocycles. The van der Waals surface area contributed by atoms with Crippen molar-refractivity contribution in [1.82, 2.24) is 14.1 Å². The third-order valence-electron chi connectivity index (χ3n) is 8.57. The highest BCUT2D eigenvalue weighted by atomic mass is 32.2. The van der Waals surface area contributed by atoms with E-state index in [2.05, 4.69) is 25.7 Å². The molecule has 13 heteroatoms. The van der Waals surface area contributed by atoms with Crippen LogP contribution in [0.2, 0.25) is 0 Å². The number of fused-ring (bicyclic) bond motifs is 1. The van der Waals surface area contributed by atoms with E-state index in [4.69, 9.17) is 23.7 Å². The third-order valence-corrected chi connectivity index (χ3v) is 10.5. The van der Waals surface area contributed by atoms with Gasteiger partial charge in [-0.3, -0.25) is 9.69 Å². The summed E-state index contributed by atoms with van der Waals surface area (Å²) >= 11 is 0. The zero-order valence-electron chi connectivity index (χ0n) is 27.0. The van der Waals surface area contributed by atoms with Crippen molar-refractivity contribution in [2.75, 3.05) is 66.4 Å². The lowest BCUT2D eigenvalue weighted by molar-refractivity contribution is -0.159. The van der Waals surface area contributed by atoms with Gasteiger partial charge in [0.25, 0.3) is 5.91 Å². The maximum absolute atomic E-state index is 13.7. The lowest BCUT2D eigenvalue weighted by Gasteiger charge is -2.39. The van der Waals surface area contributed by atoms with Gasteiger partial charge in [-0.15, -0.1) is 0 Å². The number of aliphatic hydroxyl groups excluding tert-OH is 1. The third kappa shape index (κ3) is 8.13. The number of carbonyl (C=O) groups excluding carboxylic acids is 1. The van der Waals surface area contributed by atoms with Crippen molar-refractivity contribution in [3.8, 4) is 17.2 Å². The number of aliphatic hydroxyl groups is 1. The maximum atomic E-state index is 13.7. The van der Waals surface area contributed by atoms with Crippen molar-refractivity contribution in [3.05, 3.63) is 59.9 Å². The van der Waals surface area contributed by atoms with Gasteiger partial charge in [-0.2, -0.15) is 4.31 Å². The number of hydrogen-bond acceptors (Lipinski definition) is 10. The molecule has 3 aliphatic heterocycles. The molecule has 12 nitrogen and oxygen atoms in total. The monoisotopic (exact) mass is 659 g/mol. The Morgan fingerprint density at radius 1 is 1.02 bits per heavy atom. The lowest BCUT2D eigenvalue weighted by atomic mass is 9.77. The molecule has 3 aliphatic rings. The Kier molecular flexibility index (Phi) is 10.8. The van der Waals surface area contributed by atoms with Gasteiger partial charge in [0.05, 0.1) is 25.2 Å². The van der Waals surface area contributed by atoms with Gasteiger partial charge in [0, 0.05) is 52.2 Å². The summed E-state index contributed by atoms with van der Waals surface area (Å²) in [5.41, 5.74) is 0.977. The Morgan fingerprint density at radius 3 is 2.41 bits per heavy atom. The number of nitrogens with zero attached hydrogens (tertiary/aromatic N) is 3. The molecule has 1 fully saturated rings. The Balaban J connectivity index is 1.17. The van der Waals surface area contributed by atoms with Crippen LogP contribution in [0.4, 0.5) is 0 Å². The number of ether oxygens (including phenoxy) is 5. The minimum atomic E-state index is -3.88. The predicted octanol–water partition coefficient (Wildman–Crippen LogP) is 3.06. The molecule has 0 bridgehead atoms. The number of rotatable bonds is 12. The quantitative estimate of drug-likeness (QED) is 0.363. The summed E-state index contributed by atoms with van der Waals surface area (Å²) in [6.07, 6.45) is 1.71. The number of sulfonamides is 1. The highest BCUT2D eigenvalue weighted by molar-refractivity contribution is 7.89. The summed E-state index contributed by atoms with van der Waals surface area (Å²) < 4.78 is 56.0. The number of allylic oxidation sites excluding steroid dienone is 1. The first kappa shape index (κ1) is 34.0. The summed E-state index contributed by atoms with van der Waals surface area (Å²) in [6, 6.07) is 12.1. The van der Waals surface area contributed by atoms with Crippen LogP contribution in [-0.4, -0.2) is 106 Å². The largest absolute Gasteiger partial charge is 0.497 e. The van der Waals surface area contributed by atoms with Crippen LogP contribution in [0, 0.1) is 11.3 Å². The molecule has 5 rings (SSSR count). The molecule has 3 heterocycles. The van der Waals surface area contributed by atoms with Crippen molar-refractivity contribution >= 4 is 15.9 Å². The zero-order chi connectivity index (χ0) is 32.9. The maximum Gasteiger partial charge on any atom is 0.288 e. The van der Waals surface area contributed by atoms with Crippen LogP contribution in [0.15, 0.2) is 59.2 Å². The van der Waals surface area contributed by atoms with Crippen molar-refractivity contribution in [3.63, 3.8) is 0 Å². The van der Waals surface area contributed by atoms with Crippen molar-refractivity contribution < 1.29 is 42.0 Å². The molecule has 2 aromatic carbocycles. The molecule has 1 N–H and O–H groups in total. The molecule has 2 aromatic rings. The molecule has 1 amide bonds. The van der Waals surface area contributed by atoms with E-state index >= 15 is 0 Å². The average Bonchev–Trinajstić information content (AvgIpc) is 3.52. The Labute approximate surface area is 271 Å². The summed E-state index contributed by atoms with van der Waals surface area (Å²) in [4.78, 5) is 17.9.